The fourth-order valence-corrected chi connectivity index (χ4v) is 4.00. The Morgan fingerprint density at radius 3 is 2.75 bits per heavy atom. The number of carbonyl (C=O) groups excluding carboxylic acids is 1. The monoisotopic (exact) mass is 293 g/mol. The first-order chi connectivity index (χ1) is 9.41. The van der Waals surface area contributed by atoms with Crippen molar-refractivity contribution in [2.45, 2.75) is 45.4 Å². The van der Waals surface area contributed by atoms with Crippen LogP contribution in [0.2, 0.25) is 0 Å². The van der Waals surface area contributed by atoms with Crippen molar-refractivity contribution in [3.8, 4) is 0 Å². The molecule has 5 heteroatoms. The molecule has 0 bridgehead atoms. The fourth-order valence-electron chi connectivity index (χ4n) is 3.06. The summed E-state index contributed by atoms with van der Waals surface area (Å²) in [5, 5.41) is 9.17. The first-order valence-corrected chi connectivity index (χ1v) is 8.26. The van der Waals surface area contributed by atoms with Gasteiger partial charge in [-0.1, -0.05) is 20.8 Å². The zero-order chi connectivity index (χ0) is 14.4. The summed E-state index contributed by atoms with van der Waals surface area (Å²) in [6.45, 7) is 8.51. The van der Waals surface area contributed by atoms with Gasteiger partial charge in [0.25, 0.3) is 0 Å². The summed E-state index contributed by atoms with van der Waals surface area (Å²) >= 11 is 1.53. The van der Waals surface area contributed by atoms with Gasteiger partial charge in [-0.25, -0.2) is 4.98 Å². The molecule has 1 saturated heterocycles. The van der Waals surface area contributed by atoms with Crippen LogP contribution in [0.5, 0.6) is 0 Å². The number of rotatable bonds is 2. The Balaban J connectivity index is 1.61. The van der Waals surface area contributed by atoms with Gasteiger partial charge in [-0.05, 0) is 37.8 Å². The number of amides is 1. The standard InChI is InChI=1S/C15H23N3OS/c1-14(2,3)11-9-20-13(17-11)18-12(19)10-8-15(10)4-6-16-7-5-15/h9-10,16H,4-8H2,1-3H3,(H,17,18,19). The van der Waals surface area contributed by atoms with Crippen LogP contribution in [-0.4, -0.2) is 24.0 Å². The number of carbonyl (C=O) groups is 1. The molecular formula is C15H23N3OS. The lowest BCUT2D eigenvalue weighted by atomic mass is 9.92. The summed E-state index contributed by atoms with van der Waals surface area (Å²) in [5.74, 6) is 0.369. The molecule has 0 radical (unpaired) electrons. The molecule has 1 aromatic rings. The van der Waals surface area contributed by atoms with E-state index in [1.807, 2.05) is 5.38 Å². The number of aromatic nitrogens is 1. The van der Waals surface area contributed by atoms with E-state index in [1.54, 1.807) is 0 Å². The van der Waals surface area contributed by atoms with Gasteiger partial charge in [0.15, 0.2) is 5.13 Å². The van der Waals surface area contributed by atoms with Crippen LogP contribution in [0.4, 0.5) is 5.13 Å². The van der Waals surface area contributed by atoms with Crippen molar-refractivity contribution in [2.75, 3.05) is 18.4 Å². The maximum Gasteiger partial charge on any atom is 0.229 e. The molecule has 1 aromatic heterocycles. The van der Waals surface area contributed by atoms with Crippen LogP contribution < -0.4 is 10.6 Å². The summed E-state index contributed by atoms with van der Waals surface area (Å²) in [7, 11) is 0. The maximum absolute atomic E-state index is 12.3. The molecule has 2 fully saturated rings. The molecule has 1 aliphatic carbocycles. The number of nitrogens with zero attached hydrogens (tertiary/aromatic N) is 1. The normalized spacial score (nSPS) is 24.6. The van der Waals surface area contributed by atoms with Crippen molar-refractivity contribution in [2.24, 2.45) is 11.3 Å². The lowest BCUT2D eigenvalue weighted by molar-refractivity contribution is -0.118. The Morgan fingerprint density at radius 1 is 1.45 bits per heavy atom. The fraction of sp³-hybridized carbons (Fsp3) is 0.733. The van der Waals surface area contributed by atoms with Crippen molar-refractivity contribution >= 4 is 22.4 Å². The largest absolute Gasteiger partial charge is 0.317 e. The molecule has 1 amide bonds. The highest BCUT2D eigenvalue weighted by Gasteiger charge is 2.57. The SMILES string of the molecule is CC(C)(C)c1csc(NC(=O)C2CC23CCNCC3)n1. The van der Waals surface area contributed by atoms with Crippen molar-refractivity contribution < 1.29 is 4.79 Å². The van der Waals surface area contributed by atoms with Gasteiger partial charge in [-0.3, -0.25) is 4.79 Å². The molecule has 1 atom stereocenters. The third-order valence-electron chi connectivity index (χ3n) is 4.61. The van der Waals surface area contributed by atoms with Crippen LogP contribution in [0.25, 0.3) is 0 Å². The first kappa shape index (κ1) is 14.0. The lowest BCUT2D eigenvalue weighted by Gasteiger charge is -2.23. The molecule has 1 saturated carbocycles. The Kier molecular flexibility index (Phi) is 3.37. The Labute approximate surface area is 124 Å². The number of hydrogen-bond donors (Lipinski definition) is 2. The molecule has 110 valence electrons. The predicted molar refractivity (Wildman–Crippen MR) is 82.1 cm³/mol. The maximum atomic E-state index is 12.3. The van der Waals surface area contributed by atoms with Gasteiger partial charge in [0.05, 0.1) is 5.69 Å². The third kappa shape index (κ3) is 2.61. The van der Waals surface area contributed by atoms with E-state index in [9.17, 15) is 4.79 Å². The van der Waals surface area contributed by atoms with Gasteiger partial charge < -0.3 is 10.6 Å². The van der Waals surface area contributed by atoms with Gasteiger partial charge in [0, 0.05) is 16.7 Å². The van der Waals surface area contributed by atoms with E-state index in [-0.39, 0.29) is 17.2 Å². The topological polar surface area (TPSA) is 54.0 Å². The van der Waals surface area contributed by atoms with Gasteiger partial charge in [0.2, 0.25) is 5.91 Å². The summed E-state index contributed by atoms with van der Waals surface area (Å²) in [5.41, 5.74) is 1.37. The second kappa shape index (κ2) is 4.81. The first-order valence-electron chi connectivity index (χ1n) is 7.38. The van der Waals surface area contributed by atoms with Crippen LogP contribution in [0.1, 0.15) is 45.7 Å². The van der Waals surface area contributed by atoms with Gasteiger partial charge >= 0.3 is 0 Å². The molecule has 2 heterocycles. The van der Waals surface area contributed by atoms with Crippen LogP contribution in [0.3, 0.4) is 0 Å². The second-order valence-electron chi connectivity index (χ2n) is 7.15. The minimum atomic E-state index is 0.0370. The number of anilines is 1. The molecule has 2 N–H and O–H groups in total. The Hall–Kier alpha value is -0.940. The van der Waals surface area contributed by atoms with Crippen LogP contribution in [0.15, 0.2) is 5.38 Å². The molecule has 1 unspecified atom stereocenters. The minimum absolute atomic E-state index is 0.0370. The van der Waals surface area contributed by atoms with Gasteiger partial charge in [-0.15, -0.1) is 11.3 Å². The van der Waals surface area contributed by atoms with E-state index >= 15 is 0 Å². The van der Waals surface area contributed by atoms with E-state index in [1.165, 1.54) is 11.3 Å². The highest BCUT2D eigenvalue weighted by molar-refractivity contribution is 7.13. The molecule has 4 nitrogen and oxygen atoms in total. The van der Waals surface area contributed by atoms with E-state index in [4.69, 9.17) is 0 Å². The number of nitrogens with one attached hydrogen (secondary N) is 2. The zero-order valence-corrected chi connectivity index (χ0v) is 13.3. The Morgan fingerprint density at radius 2 is 2.15 bits per heavy atom. The van der Waals surface area contributed by atoms with E-state index < -0.39 is 0 Å². The molecule has 1 spiro atoms. The van der Waals surface area contributed by atoms with E-state index in [0.717, 1.165) is 43.2 Å². The van der Waals surface area contributed by atoms with Crippen molar-refractivity contribution in [1.29, 1.82) is 0 Å². The molecule has 20 heavy (non-hydrogen) atoms. The van der Waals surface area contributed by atoms with Crippen molar-refractivity contribution in [3.63, 3.8) is 0 Å². The molecule has 3 rings (SSSR count). The summed E-state index contributed by atoms with van der Waals surface area (Å²) in [4.78, 5) is 16.9. The molecular weight excluding hydrogens is 270 g/mol. The summed E-state index contributed by atoms with van der Waals surface area (Å²) < 4.78 is 0. The lowest BCUT2D eigenvalue weighted by Crippen LogP contribution is -2.31. The molecule has 2 aliphatic rings. The van der Waals surface area contributed by atoms with Gasteiger partial charge in [-0.2, -0.15) is 0 Å². The highest BCUT2D eigenvalue weighted by atomic mass is 32.1. The third-order valence-corrected chi connectivity index (χ3v) is 5.37. The number of thiazole rings is 1. The summed E-state index contributed by atoms with van der Waals surface area (Å²) in [6.07, 6.45) is 3.32. The van der Waals surface area contributed by atoms with Crippen LogP contribution in [0, 0.1) is 11.3 Å². The average molecular weight is 293 g/mol. The second-order valence-corrected chi connectivity index (χ2v) is 8.00. The Bertz CT molecular complexity index is 511. The van der Waals surface area contributed by atoms with Crippen molar-refractivity contribution in [1.82, 2.24) is 10.3 Å². The van der Waals surface area contributed by atoms with Crippen LogP contribution >= 0.6 is 11.3 Å². The average Bonchev–Trinajstić information content (AvgIpc) is 2.85. The minimum Gasteiger partial charge on any atom is -0.317 e. The predicted octanol–water partition coefficient (Wildman–Crippen LogP) is 2.77. The number of hydrogen-bond acceptors (Lipinski definition) is 4. The zero-order valence-electron chi connectivity index (χ0n) is 12.5. The van der Waals surface area contributed by atoms with Crippen molar-refractivity contribution in [3.05, 3.63) is 11.1 Å². The smallest absolute Gasteiger partial charge is 0.229 e. The quantitative estimate of drug-likeness (QED) is 0.881. The number of piperidine rings is 1. The van der Waals surface area contributed by atoms with E-state index in [2.05, 4.69) is 36.4 Å². The molecule has 0 aromatic carbocycles. The van der Waals surface area contributed by atoms with Crippen LogP contribution in [-0.2, 0) is 10.2 Å². The highest BCUT2D eigenvalue weighted by Crippen LogP contribution is 2.58. The summed E-state index contributed by atoms with van der Waals surface area (Å²) in [6, 6.07) is 0. The van der Waals surface area contributed by atoms with Gasteiger partial charge in [0.1, 0.15) is 0 Å². The van der Waals surface area contributed by atoms with E-state index in [0.29, 0.717) is 5.41 Å². The molecule has 1 aliphatic heterocycles.